The molecule has 0 saturated carbocycles. The highest BCUT2D eigenvalue weighted by molar-refractivity contribution is 9.10. The minimum atomic E-state index is 0.194. The third kappa shape index (κ3) is 3.78. The van der Waals surface area contributed by atoms with Crippen LogP contribution in [0.2, 0.25) is 0 Å². The highest BCUT2D eigenvalue weighted by Gasteiger charge is 2.32. The topological polar surface area (TPSA) is 24.5 Å². The lowest BCUT2D eigenvalue weighted by Crippen LogP contribution is -2.48. The molecular weight excluding hydrogens is 304 g/mol. The zero-order chi connectivity index (χ0) is 13.8. The Bertz CT molecular complexity index is 411. The van der Waals surface area contributed by atoms with Crippen LogP contribution in [0.5, 0.6) is 0 Å². The second-order valence-corrected chi connectivity index (χ2v) is 6.27. The van der Waals surface area contributed by atoms with Crippen molar-refractivity contribution in [3.8, 4) is 0 Å². The van der Waals surface area contributed by atoms with Crippen molar-refractivity contribution >= 4 is 15.9 Å². The molecular formula is C15H23BrN2O. The third-order valence-corrected chi connectivity index (χ3v) is 4.28. The molecule has 2 rings (SSSR count). The molecule has 1 fully saturated rings. The molecule has 0 aromatic heterocycles. The molecule has 1 aliphatic rings. The Morgan fingerprint density at radius 2 is 2.16 bits per heavy atom. The van der Waals surface area contributed by atoms with Gasteiger partial charge in [0.25, 0.3) is 0 Å². The smallest absolute Gasteiger partial charge is 0.0896 e. The molecule has 0 spiro atoms. The van der Waals surface area contributed by atoms with E-state index in [2.05, 4.69) is 71.3 Å². The van der Waals surface area contributed by atoms with E-state index in [1.165, 1.54) is 5.56 Å². The van der Waals surface area contributed by atoms with Crippen molar-refractivity contribution in [3.05, 3.63) is 34.3 Å². The van der Waals surface area contributed by atoms with E-state index in [1.807, 2.05) is 0 Å². The van der Waals surface area contributed by atoms with Gasteiger partial charge in [-0.2, -0.15) is 0 Å². The van der Waals surface area contributed by atoms with Crippen LogP contribution in [-0.2, 0) is 4.74 Å². The van der Waals surface area contributed by atoms with E-state index >= 15 is 0 Å². The van der Waals surface area contributed by atoms with Crippen molar-refractivity contribution in [1.29, 1.82) is 0 Å². The van der Waals surface area contributed by atoms with Crippen LogP contribution in [0.1, 0.15) is 25.5 Å². The minimum Gasteiger partial charge on any atom is -0.374 e. The summed E-state index contributed by atoms with van der Waals surface area (Å²) < 4.78 is 7.15. The van der Waals surface area contributed by atoms with Gasteiger partial charge in [-0.3, -0.25) is 4.90 Å². The van der Waals surface area contributed by atoms with Gasteiger partial charge < -0.3 is 10.1 Å². The molecule has 19 heavy (non-hydrogen) atoms. The first-order valence-corrected chi connectivity index (χ1v) is 7.68. The lowest BCUT2D eigenvalue weighted by atomic mass is 9.98. The summed E-state index contributed by atoms with van der Waals surface area (Å²) in [6.07, 6.45) is 0.194. The number of morpholine rings is 1. The summed E-state index contributed by atoms with van der Waals surface area (Å²) in [5.74, 6) is 0. The molecule has 106 valence electrons. The van der Waals surface area contributed by atoms with Crippen molar-refractivity contribution in [1.82, 2.24) is 10.2 Å². The summed E-state index contributed by atoms with van der Waals surface area (Å²) in [5, 5.41) is 3.49. The predicted octanol–water partition coefficient (Wildman–Crippen LogP) is 2.82. The lowest BCUT2D eigenvalue weighted by Gasteiger charge is -2.40. The number of halogens is 1. The third-order valence-electron chi connectivity index (χ3n) is 3.55. The fourth-order valence-corrected chi connectivity index (χ4v) is 3.06. The number of hydrogen-bond acceptors (Lipinski definition) is 3. The molecule has 1 aliphatic heterocycles. The summed E-state index contributed by atoms with van der Waals surface area (Å²) in [7, 11) is 2.18. The highest BCUT2D eigenvalue weighted by Crippen LogP contribution is 2.32. The number of rotatable bonds is 4. The molecule has 4 heteroatoms. The van der Waals surface area contributed by atoms with E-state index in [0.717, 1.165) is 24.2 Å². The molecule has 1 heterocycles. The zero-order valence-corrected chi connectivity index (χ0v) is 13.5. The first-order valence-electron chi connectivity index (χ1n) is 6.89. The maximum atomic E-state index is 6.00. The maximum absolute atomic E-state index is 6.00. The predicted molar refractivity (Wildman–Crippen MR) is 82.4 cm³/mol. The summed E-state index contributed by atoms with van der Waals surface area (Å²) in [6, 6.07) is 9.22. The summed E-state index contributed by atoms with van der Waals surface area (Å²) >= 11 is 3.66. The largest absolute Gasteiger partial charge is 0.374 e. The van der Waals surface area contributed by atoms with E-state index in [1.54, 1.807) is 0 Å². The van der Waals surface area contributed by atoms with Gasteiger partial charge in [0.15, 0.2) is 0 Å². The van der Waals surface area contributed by atoms with Gasteiger partial charge in [0.1, 0.15) is 0 Å². The van der Waals surface area contributed by atoms with Crippen LogP contribution in [0.4, 0.5) is 0 Å². The van der Waals surface area contributed by atoms with E-state index in [-0.39, 0.29) is 6.10 Å². The molecule has 0 aliphatic carbocycles. The van der Waals surface area contributed by atoms with Crippen molar-refractivity contribution in [3.63, 3.8) is 0 Å². The second-order valence-electron chi connectivity index (χ2n) is 5.42. The minimum absolute atomic E-state index is 0.194. The molecule has 2 unspecified atom stereocenters. The van der Waals surface area contributed by atoms with Crippen molar-refractivity contribution < 1.29 is 4.74 Å². The summed E-state index contributed by atoms with van der Waals surface area (Å²) in [4.78, 5) is 2.39. The fourth-order valence-electron chi connectivity index (χ4n) is 2.54. The Kier molecular flexibility index (Phi) is 5.39. The normalized spacial score (nSPS) is 24.9. The van der Waals surface area contributed by atoms with Crippen LogP contribution >= 0.6 is 15.9 Å². The van der Waals surface area contributed by atoms with Gasteiger partial charge in [-0.25, -0.2) is 0 Å². The molecule has 0 amide bonds. The van der Waals surface area contributed by atoms with Crippen molar-refractivity contribution in [2.24, 2.45) is 0 Å². The highest BCUT2D eigenvalue weighted by atomic mass is 79.9. The van der Waals surface area contributed by atoms with Gasteiger partial charge in [-0.05, 0) is 18.7 Å². The van der Waals surface area contributed by atoms with Crippen LogP contribution in [0.15, 0.2) is 28.7 Å². The number of nitrogens with one attached hydrogen (secondary N) is 1. The number of hydrogen-bond donors (Lipinski definition) is 1. The van der Waals surface area contributed by atoms with Gasteiger partial charge in [-0.15, -0.1) is 0 Å². The van der Waals surface area contributed by atoms with E-state index in [0.29, 0.717) is 12.1 Å². The Labute approximate surface area is 124 Å². The number of ether oxygens (including phenoxy) is 1. The lowest BCUT2D eigenvalue weighted by molar-refractivity contribution is -0.0622. The average Bonchev–Trinajstić information content (AvgIpc) is 2.37. The summed E-state index contributed by atoms with van der Waals surface area (Å²) in [6.45, 7) is 7.00. The van der Waals surface area contributed by atoms with Crippen LogP contribution in [0.3, 0.4) is 0 Å². The van der Waals surface area contributed by atoms with Gasteiger partial charge >= 0.3 is 0 Å². The SMILES string of the molecule is CC(C)NCC1OCCN(C)C1c1ccccc1Br. The molecule has 1 N–H and O–H groups in total. The quantitative estimate of drug-likeness (QED) is 0.920. The summed E-state index contributed by atoms with van der Waals surface area (Å²) in [5.41, 5.74) is 1.31. The average molecular weight is 327 g/mol. The van der Waals surface area contributed by atoms with E-state index in [9.17, 15) is 0 Å². The van der Waals surface area contributed by atoms with Crippen molar-refractivity contribution in [2.45, 2.75) is 32.0 Å². The zero-order valence-electron chi connectivity index (χ0n) is 11.9. The molecule has 2 atom stereocenters. The Balaban J connectivity index is 2.19. The van der Waals surface area contributed by atoms with Crippen LogP contribution < -0.4 is 5.32 Å². The second kappa shape index (κ2) is 6.84. The number of benzene rings is 1. The molecule has 0 bridgehead atoms. The van der Waals surface area contributed by atoms with Gasteiger partial charge in [0.2, 0.25) is 0 Å². The fraction of sp³-hybridized carbons (Fsp3) is 0.600. The number of likely N-dealkylation sites (N-methyl/N-ethyl adjacent to an activating group) is 1. The Morgan fingerprint density at radius 3 is 2.84 bits per heavy atom. The van der Waals surface area contributed by atoms with Gasteiger partial charge in [0, 0.05) is 23.6 Å². The van der Waals surface area contributed by atoms with E-state index < -0.39 is 0 Å². The molecule has 1 saturated heterocycles. The maximum Gasteiger partial charge on any atom is 0.0896 e. The molecule has 1 aromatic rings. The van der Waals surface area contributed by atoms with Gasteiger partial charge in [0.05, 0.1) is 18.8 Å². The van der Waals surface area contributed by atoms with Crippen LogP contribution in [-0.4, -0.2) is 43.8 Å². The number of nitrogens with zero attached hydrogens (tertiary/aromatic N) is 1. The standard InChI is InChI=1S/C15H23BrN2O/c1-11(2)17-10-14-15(18(3)8-9-19-14)12-6-4-5-7-13(12)16/h4-7,11,14-15,17H,8-10H2,1-3H3. The first kappa shape index (κ1) is 15.0. The monoisotopic (exact) mass is 326 g/mol. The molecule has 0 radical (unpaired) electrons. The van der Waals surface area contributed by atoms with Crippen molar-refractivity contribution in [2.75, 3.05) is 26.7 Å². The van der Waals surface area contributed by atoms with Crippen LogP contribution in [0.25, 0.3) is 0 Å². The van der Waals surface area contributed by atoms with Gasteiger partial charge in [-0.1, -0.05) is 48.0 Å². The molecule has 1 aromatic carbocycles. The molecule has 3 nitrogen and oxygen atoms in total. The van der Waals surface area contributed by atoms with E-state index in [4.69, 9.17) is 4.74 Å². The Hall–Kier alpha value is -0.420. The van der Waals surface area contributed by atoms with Crippen LogP contribution in [0, 0.1) is 0 Å². The first-order chi connectivity index (χ1) is 9.09. The Morgan fingerprint density at radius 1 is 1.42 bits per heavy atom.